The summed E-state index contributed by atoms with van der Waals surface area (Å²) in [6.07, 6.45) is 0. The standard InChI is InChI=1S/C12H16FN3O3/c1-12(2,10(17)15-16-11(18)14-3)19-9-6-4-8(13)5-7-9/h4-7H,1-3H3,(H,15,17)(H2,14,16,18). The quantitative estimate of drug-likeness (QED) is 0.715. The lowest BCUT2D eigenvalue weighted by molar-refractivity contribution is -0.134. The third kappa shape index (κ3) is 4.46. The van der Waals surface area contributed by atoms with Gasteiger partial charge < -0.3 is 10.1 Å². The average Bonchev–Trinajstić information content (AvgIpc) is 2.37. The Bertz CT molecular complexity index is 460. The predicted molar refractivity (Wildman–Crippen MR) is 66.8 cm³/mol. The molecule has 7 heteroatoms. The molecule has 0 atom stereocenters. The molecular weight excluding hydrogens is 253 g/mol. The molecule has 0 heterocycles. The van der Waals surface area contributed by atoms with Crippen molar-refractivity contribution in [2.75, 3.05) is 7.05 Å². The summed E-state index contributed by atoms with van der Waals surface area (Å²) >= 11 is 0. The molecule has 0 aliphatic carbocycles. The second-order valence-corrected chi connectivity index (χ2v) is 4.22. The molecular formula is C12H16FN3O3. The van der Waals surface area contributed by atoms with E-state index in [9.17, 15) is 14.0 Å². The number of ether oxygens (including phenoxy) is 1. The number of benzene rings is 1. The number of carbonyl (C=O) groups is 2. The number of hydrogen-bond acceptors (Lipinski definition) is 3. The summed E-state index contributed by atoms with van der Waals surface area (Å²) < 4.78 is 18.2. The molecule has 3 N–H and O–H groups in total. The number of hydrazine groups is 1. The third-order valence-electron chi connectivity index (χ3n) is 2.25. The highest BCUT2D eigenvalue weighted by Gasteiger charge is 2.30. The van der Waals surface area contributed by atoms with Crippen molar-refractivity contribution < 1.29 is 18.7 Å². The fourth-order valence-corrected chi connectivity index (χ4v) is 1.17. The van der Waals surface area contributed by atoms with Crippen molar-refractivity contribution in [2.45, 2.75) is 19.4 Å². The molecule has 104 valence electrons. The van der Waals surface area contributed by atoms with E-state index in [1.54, 1.807) is 0 Å². The lowest BCUT2D eigenvalue weighted by Crippen LogP contribution is -2.54. The molecule has 0 bridgehead atoms. The van der Waals surface area contributed by atoms with Gasteiger partial charge in [0.2, 0.25) is 0 Å². The first-order chi connectivity index (χ1) is 8.85. The second-order valence-electron chi connectivity index (χ2n) is 4.22. The number of carbonyl (C=O) groups excluding carboxylic acids is 2. The van der Waals surface area contributed by atoms with Gasteiger partial charge in [0.15, 0.2) is 5.60 Å². The monoisotopic (exact) mass is 269 g/mol. The van der Waals surface area contributed by atoms with Crippen molar-refractivity contribution in [3.05, 3.63) is 30.1 Å². The number of rotatable bonds is 3. The largest absolute Gasteiger partial charge is 0.478 e. The van der Waals surface area contributed by atoms with E-state index < -0.39 is 23.4 Å². The Morgan fingerprint density at radius 2 is 1.74 bits per heavy atom. The first-order valence-corrected chi connectivity index (χ1v) is 5.58. The molecule has 1 rings (SSSR count). The van der Waals surface area contributed by atoms with Gasteiger partial charge in [0.1, 0.15) is 11.6 Å². The van der Waals surface area contributed by atoms with Crippen molar-refractivity contribution in [3.63, 3.8) is 0 Å². The van der Waals surface area contributed by atoms with Crippen molar-refractivity contribution >= 4 is 11.9 Å². The first kappa shape index (κ1) is 14.7. The fourth-order valence-electron chi connectivity index (χ4n) is 1.17. The molecule has 0 unspecified atom stereocenters. The number of nitrogens with one attached hydrogen (secondary N) is 3. The van der Waals surface area contributed by atoms with E-state index in [1.165, 1.54) is 45.2 Å². The van der Waals surface area contributed by atoms with Crippen LogP contribution in [0.5, 0.6) is 5.75 Å². The zero-order chi connectivity index (χ0) is 14.5. The molecule has 1 aromatic rings. The maximum Gasteiger partial charge on any atom is 0.333 e. The Kier molecular flexibility index (Phi) is 4.68. The summed E-state index contributed by atoms with van der Waals surface area (Å²) in [6.45, 7) is 3.05. The van der Waals surface area contributed by atoms with Crippen molar-refractivity contribution in [1.82, 2.24) is 16.2 Å². The van der Waals surface area contributed by atoms with Crippen LogP contribution in [0.4, 0.5) is 9.18 Å². The highest BCUT2D eigenvalue weighted by molar-refractivity contribution is 5.86. The molecule has 6 nitrogen and oxygen atoms in total. The lowest BCUT2D eigenvalue weighted by Gasteiger charge is -2.25. The predicted octanol–water partition coefficient (Wildman–Crippen LogP) is 0.943. The Labute approximate surface area is 110 Å². The van der Waals surface area contributed by atoms with Crippen molar-refractivity contribution in [1.29, 1.82) is 0 Å². The SMILES string of the molecule is CNC(=O)NNC(=O)C(C)(C)Oc1ccc(F)cc1. The van der Waals surface area contributed by atoms with Gasteiger partial charge in [-0.15, -0.1) is 0 Å². The molecule has 0 aromatic heterocycles. The summed E-state index contributed by atoms with van der Waals surface area (Å²) in [4.78, 5) is 22.7. The maximum atomic E-state index is 12.7. The molecule has 0 aliphatic rings. The van der Waals surface area contributed by atoms with E-state index in [0.29, 0.717) is 5.75 Å². The van der Waals surface area contributed by atoms with Crippen LogP contribution in [-0.2, 0) is 4.79 Å². The number of halogens is 1. The summed E-state index contributed by atoms with van der Waals surface area (Å²) in [6, 6.07) is 4.73. The molecule has 0 aliphatic heterocycles. The molecule has 0 saturated carbocycles. The molecule has 0 saturated heterocycles. The minimum absolute atomic E-state index is 0.349. The van der Waals surface area contributed by atoms with E-state index in [2.05, 4.69) is 16.2 Å². The van der Waals surface area contributed by atoms with Crippen LogP contribution in [0, 0.1) is 5.82 Å². The van der Waals surface area contributed by atoms with Gasteiger partial charge >= 0.3 is 6.03 Å². The minimum Gasteiger partial charge on any atom is -0.478 e. The van der Waals surface area contributed by atoms with E-state index in [4.69, 9.17) is 4.74 Å². The smallest absolute Gasteiger partial charge is 0.333 e. The number of amides is 3. The zero-order valence-corrected chi connectivity index (χ0v) is 10.9. The highest BCUT2D eigenvalue weighted by Crippen LogP contribution is 2.18. The van der Waals surface area contributed by atoms with Crippen LogP contribution >= 0.6 is 0 Å². The zero-order valence-electron chi connectivity index (χ0n) is 10.9. The van der Waals surface area contributed by atoms with Crippen molar-refractivity contribution in [2.24, 2.45) is 0 Å². The third-order valence-corrected chi connectivity index (χ3v) is 2.25. The Morgan fingerprint density at radius 1 is 1.16 bits per heavy atom. The normalized spacial score (nSPS) is 10.5. The first-order valence-electron chi connectivity index (χ1n) is 5.58. The Morgan fingerprint density at radius 3 is 2.26 bits per heavy atom. The van der Waals surface area contributed by atoms with Gasteiger partial charge in [0.05, 0.1) is 0 Å². The van der Waals surface area contributed by atoms with E-state index in [0.717, 1.165) is 0 Å². The Balaban J connectivity index is 2.61. The minimum atomic E-state index is -1.22. The van der Waals surface area contributed by atoms with Gasteiger partial charge in [0.25, 0.3) is 5.91 Å². The summed E-state index contributed by atoms with van der Waals surface area (Å²) in [5.74, 6) is -0.585. The molecule has 0 fully saturated rings. The number of urea groups is 1. The highest BCUT2D eigenvalue weighted by atomic mass is 19.1. The van der Waals surface area contributed by atoms with Gasteiger partial charge in [-0.05, 0) is 38.1 Å². The molecule has 0 spiro atoms. The van der Waals surface area contributed by atoms with E-state index in [1.807, 2.05) is 0 Å². The average molecular weight is 269 g/mol. The number of hydrogen-bond donors (Lipinski definition) is 3. The summed E-state index contributed by atoms with van der Waals surface area (Å²) in [7, 11) is 1.42. The van der Waals surface area contributed by atoms with Crippen LogP contribution in [-0.4, -0.2) is 24.6 Å². The van der Waals surface area contributed by atoms with Gasteiger partial charge in [-0.1, -0.05) is 0 Å². The molecule has 3 amide bonds. The van der Waals surface area contributed by atoms with E-state index in [-0.39, 0.29) is 0 Å². The van der Waals surface area contributed by atoms with Gasteiger partial charge in [-0.2, -0.15) is 0 Å². The van der Waals surface area contributed by atoms with E-state index >= 15 is 0 Å². The lowest BCUT2D eigenvalue weighted by atomic mass is 10.1. The van der Waals surface area contributed by atoms with Crippen LogP contribution in [0.25, 0.3) is 0 Å². The van der Waals surface area contributed by atoms with Crippen LogP contribution in [0.3, 0.4) is 0 Å². The maximum absolute atomic E-state index is 12.7. The summed E-state index contributed by atoms with van der Waals surface area (Å²) in [5, 5.41) is 2.28. The second kappa shape index (κ2) is 6.03. The van der Waals surface area contributed by atoms with Crippen LogP contribution in [0.15, 0.2) is 24.3 Å². The van der Waals surface area contributed by atoms with Crippen LogP contribution in [0.2, 0.25) is 0 Å². The van der Waals surface area contributed by atoms with Gasteiger partial charge in [-0.3, -0.25) is 10.2 Å². The molecule has 19 heavy (non-hydrogen) atoms. The van der Waals surface area contributed by atoms with Gasteiger partial charge in [0, 0.05) is 7.05 Å². The van der Waals surface area contributed by atoms with Gasteiger partial charge in [-0.25, -0.2) is 14.6 Å². The topological polar surface area (TPSA) is 79.5 Å². The molecule has 1 aromatic carbocycles. The van der Waals surface area contributed by atoms with Crippen LogP contribution < -0.4 is 20.9 Å². The Hall–Kier alpha value is -2.31. The fraction of sp³-hybridized carbons (Fsp3) is 0.333. The van der Waals surface area contributed by atoms with Crippen molar-refractivity contribution in [3.8, 4) is 5.75 Å². The van der Waals surface area contributed by atoms with Crippen LogP contribution in [0.1, 0.15) is 13.8 Å². The molecule has 0 radical (unpaired) electrons. The summed E-state index contributed by atoms with van der Waals surface area (Å²) in [5.41, 5.74) is 3.13.